The Bertz CT molecular complexity index is 599. The van der Waals surface area contributed by atoms with Gasteiger partial charge in [-0.15, -0.1) is 0 Å². The lowest BCUT2D eigenvalue weighted by Crippen LogP contribution is -2.37. The van der Waals surface area contributed by atoms with E-state index in [9.17, 15) is 9.18 Å². The minimum atomic E-state index is -0.667. The maximum Gasteiger partial charge on any atom is 0.241 e. The molecule has 0 radical (unpaired) electrons. The summed E-state index contributed by atoms with van der Waals surface area (Å²) in [5, 5.41) is 2.67. The highest BCUT2D eigenvalue weighted by Gasteiger charge is 2.15. The first-order valence-corrected chi connectivity index (χ1v) is 6.43. The molecule has 0 aromatic heterocycles. The van der Waals surface area contributed by atoms with E-state index in [4.69, 9.17) is 5.73 Å². The molecule has 2 aromatic carbocycles. The highest BCUT2D eigenvalue weighted by molar-refractivity contribution is 5.95. The Kier molecular flexibility index (Phi) is 4.48. The number of anilines is 1. The lowest BCUT2D eigenvalue weighted by molar-refractivity contribution is -0.117. The number of carbonyl (C=O) groups is 1. The maximum absolute atomic E-state index is 13.2. The second kappa shape index (κ2) is 6.30. The van der Waals surface area contributed by atoms with E-state index in [0.29, 0.717) is 12.1 Å². The summed E-state index contributed by atoms with van der Waals surface area (Å²) in [6.07, 6.45) is 0.445. The van der Waals surface area contributed by atoms with Crippen molar-refractivity contribution in [2.45, 2.75) is 19.4 Å². The van der Waals surface area contributed by atoms with Crippen LogP contribution in [0.4, 0.5) is 10.1 Å². The number of aryl methyl sites for hydroxylation is 1. The number of nitrogens with one attached hydrogen (secondary N) is 1. The third kappa shape index (κ3) is 3.65. The van der Waals surface area contributed by atoms with Gasteiger partial charge in [-0.25, -0.2) is 4.39 Å². The van der Waals surface area contributed by atoms with Crippen LogP contribution < -0.4 is 11.1 Å². The third-order valence-corrected chi connectivity index (χ3v) is 3.09. The minimum Gasteiger partial charge on any atom is -0.324 e. The van der Waals surface area contributed by atoms with Crippen LogP contribution in [-0.4, -0.2) is 11.9 Å². The van der Waals surface area contributed by atoms with E-state index in [-0.39, 0.29) is 11.7 Å². The molecule has 104 valence electrons. The Morgan fingerprint density at radius 1 is 1.25 bits per heavy atom. The molecule has 0 bridgehead atoms. The zero-order valence-electron chi connectivity index (χ0n) is 11.3. The monoisotopic (exact) mass is 272 g/mol. The molecule has 2 aromatic rings. The van der Waals surface area contributed by atoms with Gasteiger partial charge in [-0.1, -0.05) is 36.4 Å². The van der Waals surface area contributed by atoms with Crippen molar-refractivity contribution in [2.24, 2.45) is 5.73 Å². The number of halogens is 1. The van der Waals surface area contributed by atoms with Crippen LogP contribution in [0.25, 0.3) is 0 Å². The fourth-order valence-corrected chi connectivity index (χ4v) is 1.92. The van der Waals surface area contributed by atoms with Crippen LogP contribution >= 0.6 is 0 Å². The van der Waals surface area contributed by atoms with E-state index in [0.717, 1.165) is 11.1 Å². The Hall–Kier alpha value is -2.20. The van der Waals surface area contributed by atoms with E-state index >= 15 is 0 Å². The minimum absolute atomic E-state index is 0.317. The van der Waals surface area contributed by atoms with Gasteiger partial charge in [-0.3, -0.25) is 4.79 Å². The van der Waals surface area contributed by atoms with Gasteiger partial charge in [0.1, 0.15) is 5.82 Å². The highest BCUT2D eigenvalue weighted by atomic mass is 19.1. The van der Waals surface area contributed by atoms with E-state index in [1.165, 1.54) is 12.1 Å². The standard InChI is InChI=1S/C16H17FN2O/c1-11-7-8-13(17)10-15(11)19-16(20)14(18)9-12-5-3-2-4-6-12/h2-8,10,14H,9,18H2,1H3,(H,19,20)/t14-/m1/s1. The fraction of sp³-hybridized carbons (Fsp3) is 0.188. The number of hydrogen-bond donors (Lipinski definition) is 2. The molecule has 0 saturated heterocycles. The largest absolute Gasteiger partial charge is 0.324 e. The average molecular weight is 272 g/mol. The number of carbonyl (C=O) groups excluding carboxylic acids is 1. The van der Waals surface area contributed by atoms with Gasteiger partial charge < -0.3 is 11.1 Å². The molecule has 0 aliphatic carbocycles. The summed E-state index contributed by atoms with van der Waals surface area (Å²) in [6.45, 7) is 1.80. The first-order chi connectivity index (χ1) is 9.56. The van der Waals surface area contributed by atoms with Gasteiger partial charge in [0.25, 0.3) is 0 Å². The molecule has 3 N–H and O–H groups in total. The Morgan fingerprint density at radius 3 is 2.65 bits per heavy atom. The van der Waals surface area contributed by atoms with Crippen LogP contribution in [0.3, 0.4) is 0 Å². The second-order valence-corrected chi connectivity index (χ2v) is 4.74. The lowest BCUT2D eigenvalue weighted by atomic mass is 10.1. The van der Waals surface area contributed by atoms with E-state index in [1.807, 2.05) is 30.3 Å². The van der Waals surface area contributed by atoms with Gasteiger partial charge >= 0.3 is 0 Å². The topological polar surface area (TPSA) is 55.1 Å². The van der Waals surface area contributed by atoms with Crippen LogP contribution in [0.15, 0.2) is 48.5 Å². The number of nitrogens with two attached hydrogens (primary N) is 1. The molecule has 2 rings (SSSR count). The van der Waals surface area contributed by atoms with Crippen LogP contribution in [0, 0.1) is 12.7 Å². The zero-order valence-corrected chi connectivity index (χ0v) is 11.3. The van der Waals surface area contributed by atoms with Gasteiger partial charge in [-0.05, 0) is 36.6 Å². The lowest BCUT2D eigenvalue weighted by Gasteiger charge is -2.14. The maximum atomic E-state index is 13.2. The number of hydrogen-bond acceptors (Lipinski definition) is 2. The Labute approximate surface area is 117 Å². The van der Waals surface area contributed by atoms with Crippen molar-refractivity contribution < 1.29 is 9.18 Å². The molecule has 4 heteroatoms. The van der Waals surface area contributed by atoms with Crippen LogP contribution in [-0.2, 0) is 11.2 Å². The molecular formula is C16H17FN2O. The number of amides is 1. The first kappa shape index (κ1) is 14.2. The van der Waals surface area contributed by atoms with Gasteiger partial charge in [0.15, 0.2) is 0 Å². The average Bonchev–Trinajstić information content (AvgIpc) is 2.44. The summed E-state index contributed by atoms with van der Waals surface area (Å²) < 4.78 is 13.2. The highest BCUT2D eigenvalue weighted by Crippen LogP contribution is 2.16. The number of rotatable bonds is 4. The first-order valence-electron chi connectivity index (χ1n) is 6.43. The smallest absolute Gasteiger partial charge is 0.241 e. The van der Waals surface area contributed by atoms with Crippen molar-refractivity contribution in [3.8, 4) is 0 Å². The van der Waals surface area contributed by atoms with Crippen LogP contribution in [0.5, 0.6) is 0 Å². The molecular weight excluding hydrogens is 255 g/mol. The Morgan fingerprint density at radius 2 is 1.95 bits per heavy atom. The van der Waals surface area contributed by atoms with Gasteiger partial charge in [0.2, 0.25) is 5.91 Å². The van der Waals surface area contributed by atoms with Crippen molar-refractivity contribution in [3.63, 3.8) is 0 Å². The summed E-state index contributed by atoms with van der Waals surface area (Å²) in [6, 6.07) is 13.1. The third-order valence-electron chi connectivity index (χ3n) is 3.09. The molecule has 1 atom stereocenters. The summed E-state index contributed by atoms with van der Waals surface area (Å²) in [5.74, 6) is -0.704. The molecule has 3 nitrogen and oxygen atoms in total. The summed E-state index contributed by atoms with van der Waals surface area (Å²) in [4.78, 5) is 12.0. The molecule has 0 saturated carbocycles. The fourth-order valence-electron chi connectivity index (χ4n) is 1.92. The van der Waals surface area contributed by atoms with Gasteiger partial charge in [0.05, 0.1) is 6.04 Å². The zero-order chi connectivity index (χ0) is 14.5. The van der Waals surface area contributed by atoms with Crippen molar-refractivity contribution in [3.05, 3.63) is 65.5 Å². The molecule has 0 unspecified atom stereocenters. The second-order valence-electron chi connectivity index (χ2n) is 4.74. The van der Waals surface area contributed by atoms with Crippen LogP contribution in [0.2, 0.25) is 0 Å². The molecule has 1 amide bonds. The van der Waals surface area contributed by atoms with Crippen molar-refractivity contribution in [2.75, 3.05) is 5.32 Å². The predicted molar refractivity (Wildman–Crippen MR) is 77.9 cm³/mol. The van der Waals surface area contributed by atoms with E-state index in [1.54, 1.807) is 13.0 Å². The Balaban J connectivity index is 2.02. The normalized spacial score (nSPS) is 11.9. The molecule has 0 fully saturated rings. The van der Waals surface area contributed by atoms with Crippen LogP contribution in [0.1, 0.15) is 11.1 Å². The van der Waals surface area contributed by atoms with E-state index < -0.39 is 6.04 Å². The molecule has 0 aliphatic heterocycles. The summed E-state index contributed by atoms with van der Waals surface area (Å²) >= 11 is 0. The summed E-state index contributed by atoms with van der Waals surface area (Å²) in [5.41, 5.74) is 8.13. The molecule has 0 aliphatic rings. The molecule has 0 heterocycles. The molecule has 20 heavy (non-hydrogen) atoms. The van der Waals surface area contributed by atoms with Crippen molar-refractivity contribution in [1.29, 1.82) is 0 Å². The quantitative estimate of drug-likeness (QED) is 0.899. The van der Waals surface area contributed by atoms with Crippen molar-refractivity contribution in [1.82, 2.24) is 0 Å². The van der Waals surface area contributed by atoms with E-state index in [2.05, 4.69) is 5.32 Å². The molecule has 0 spiro atoms. The number of benzene rings is 2. The van der Waals surface area contributed by atoms with Gasteiger partial charge in [0, 0.05) is 5.69 Å². The van der Waals surface area contributed by atoms with Crippen molar-refractivity contribution >= 4 is 11.6 Å². The summed E-state index contributed by atoms with van der Waals surface area (Å²) in [7, 11) is 0. The predicted octanol–water partition coefficient (Wildman–Crippen LogP) is 2.64. The SMILES string of the molecule is Cc1ccc(F)cc1NC(=O)[C@H](N)Cc1ccccc1. The van der Waals surface area contributed by atoms with Gasteiger partial charge in [-0.2, -0.15) is 0 Å².